The number of nitrogens with zero attached hydrogens (tertiary/aromatic N) is 3. The molecule has 71 heavy (non-hydrogen) atoms. The van der Waals surface area contributed by atoms with E-state index in [0.717, 1.165) is 12.8 Å². The highest BCUT2D eigenvalue weighted by Crippen LogP contribution is 2.53. The minimum atomic E-state index is -0.145. The van der Waals surface area contributed by atoms with Gasteiger partial charge in [0.1, 0.15) is 0 Å². The molecule has 0 saturated carbocycles. The summed E-state index contributed by atoms with van der Waals surface area (Å²) in [5.41, 5.74) is 28.0. The van der Waals surface area contributed by atoms with Crippen LogP contribution >= 0.6 is 0 Å². The molecule has 0 unspecified atom stereocenters. The van der Waals surface area contributed by atoms with E-state index in [4.69, 9.17) is 0 Å². The summed E-state index contributed by atoms with van der Waals surface area (Å²) in [5, 5.41) is 2.54. The van der Waals surface area contributed by atoms with Crippen molar-refractivity contribution in [3.63, 3.8) is 0 Å². The first-order chi connectivity index (χ1) is 34.1. The second-order valence-electron chi connectivity index (χ2n) is 23.4. The number of benzene rings is 8. The SMILES string of the molecule is Cc1cc(C2=CCCC=C2)cc(C)c1N1c2cc3c(cc2B2c4cc(C(C)(C)C)ccc4N(c4ccc5c(c4)C(C)(C)c4ccccc4-5)c4cc(C(C)(C)C)cc1c42)c1ccccc1n3-c1ccccc1. The Labute approximate surface area is 420 Å². The number of para-hydroxylation sites is 2. The smallest absolute Gasteiger partial charge is 0.252 e. The van der Waals surface area contributed by atoms with Crippen LogP contribution < -0.4 is 26.2 Å². The van der Waals surface area contributed by atoms with E-state index in [1.807, 2.05) is 0 Å². The number of allylic oxidation sites excluding steroid dienone is 4. The highest BCUT2D eigenvalue weighted by molar-refractivity contribution is 7.00. The summed E-state index contributed by atoms with van der Waals surface area (Å²) in [6.07, 6.45) is 9.23. The van der Waals surface area contributed by atoms with Gasteiger partial charge in [-0.1, -0.05) is 159 Å². The summed E-state index contributed by atoms with van der Waals surface area (Å²) in [5.74, 6) is 0. The second-order valence-corrected chi connectivity index (χ2v) is 23.4. The molecule has 8 aromatic carbocycles. The van der Waals surface area contributed by atoms with Crippen LogP contribution in [0.3, 0.4) is 0 Å². The molecule has 0 spiro atoms. The lowest BCUT2D eigenvalue weighted by atomic mass is 9.33. The molecule has 0 atom stereocenters. The number of aromatic nitrogens is 1. The molecule has 0 bridgehead atoms. The van der Waals surface area contributed by atoms with Crippen molar-refractivity contribution in [1.29, 1.82) is 0 Å². The normalized spacial score (nSPS) is 15.4. The molecule has 2 aliphatic heterocycles. The molecule has 4 aliphatic rings. The van der Waals surface area contributed by atoms with Crippen LogP contribution in [0.1, 0.15) is 107 Å². The van der Waals surface area contributed by atoms with Gasteiger partial charge >= 0.3 is 0 Å². The summed E-state index contributed by atoms with van der Waals surface area (Å²) in [7, 11) is 0. The molecule has 0 radical (unpaired) electrons. The summed E-state index contributed by atoms with van der Waals surface area (Å²) in [4.78, 5) is 5.32. The zero-order chi connectivity index (χ0) is 48.9. The van der Waals surface area contributed by atoms with Gasteiger partial charge < -0.3 is 14.4 Å². The Morgan fingerprint density at radius 3 is 1.92 bits per heavy atom. The van der Waals surface area contributed by atoms with Gasteiger partial charge in [0.15, 0.2) is 0 Å². The van der Waals surface area contributed by atoms with Crippen LogP contribution in [0, 0.1) is 13.8 Å². The van der Waals surface area contributed by atoms with Gasteiger partial charge in [-0.05, 0) is 176 Å². The third-order valence-corrected chi connectivity index (χ3v) is 16.5. The number of hydrogen-bond donors (Lipinski definition) is 0. The quantitative estimate of drug-likeness (QED) is 0.163. The zero-order valence-corrected chi connectivity index (χ0v) is 43.0. The molecule has 13 rings (SSSR count). The van der Waals surface area contributed by atoms with Gasteiger partial charge in [0.2, 0.25) is 0 Å². The van der Waals surface area contributed by atoms with E-state index in [1.54, 1.807) is 0 Å². The van der Waals surface area contributed by atoms with Crippen molar-refractivity contribution in [2.75, 3.05) is 9.80 Å². The van der Waals surface area contributed by atoms with Crippen molar-refractivity contribution in [1.82, 2.24) is 4.57 Å². The standard InChI is InChI=1S/C67H62BN3/c1-41-33-44(43-21-13-11-14-22-43)34-42(2)64(41)71-60-40-59-52(51-26-18-20-28-57(51)69(59)47-23-15-12-16-24-47)39-56(60)68-55-35-45(65(3,4)5)29-32-58(55)70(61-36-46(66(6,7)8)37-62(71)63(61)68)48-30-31-50-49-25-17-19-27-53(49)67(9,10)54(50)38-48/h12-13,15-40H,11,14H2,1-10H3. The van der Waals surface area contributed by atoms with Crippen molar-refractivity contribution >= 4 is 84.6 Å². The Kier molecular flexibility index (Phi) is 9.45. The van der Waals surface area contributed by atoms with Crippen LogP contribution in [0.25, 0.3) is 44.2 Å². The highest BCUT2D eigenvalue weighted by Gasteiger charge is 2.46. The highest BCUT2D eigenvalue weighted by atomic mass is 15.2. The maximum absolute atomic E-state index is 2.69. The van der Waals surface area contributed by atoms with Crippen molar-refractivity contribution in [3.05, 3.63) is 209 Å². The summed E-state index contributed by atoms with van der Waals surface area (Å²) >= 11 is 0. The fraction of sp³-hybridized carbons (Fsp3) is 0.224. The third kappa shape index (κ3) is 6.49. The number of rotatable bonds is 4. The predicted octanol–water partition coefficient (Wildman–Crippen LogP) is 16.1. The van der Waals surface area contributed by atoms with Crippen LogP contribution in [0.2, 0.25) is 0 Å². The lowest BCUT2D eigenvalue weighted by Crippen LogP contribution is -2.61. The van der Waals surface area contributed by atoms with E-state index in [-0.39, 0.29) is 23.0 Å². The van der Waals surface area contributed by atoms with Gasteiger partial charge in [0, 0.05) is 50.3 Å². The van der Waals surface area contributed by atoms with Crippen LogP contribution in [-0.4, -0.2) is 11.3 Å². The average molecular weight is 920 g/mol. The molecule has 0 amide bonds. The minimum absolute atomic E-state index is 0.0374. The largest absolute Gasteiger partial charge is 0.311 e. The topological polar surface area (TPSA) is 11.4 Å². The molecule has 348 valence electrons. The zero-order valence-electron chi connectivity index (χ0n) is 43.0. The Balaban J connectivity index is 1.16. The Hall–Kier alpha value is -7.30. The molecule has 9 aromatic rings. The van der Waals surface area contributed by atoms with E-state index >= 15 is 0 Å². The Morgan fingerprint density at radius 2 is 1.18 bits per heavy atom. The molecule has 4 heteroatoms. The summed E-state index contributed by atoms with van der Waals surface area (Å²) < 4.78 is 2.49. The average Bonchev–Trinajstić information content (AvgIpc) is 3.80. The van der Waals surface area contributed by atoms with Crippen LogP contribution in [0.5, 0.6) is 0 Å². The first kappa shape index (κ1) is 43.7. The summed E-state index contributed by atoms with van der Waals surface area (Å²) in [6, 6.07) is 58.8. The Morgan fingerprint density at radius 1 is 0.507 bits per heavy atom. The first-order valence-corrected chi connectivity index (χ1v) is 25.9. The summed E-state index contributed by atoms with van der Waals surface area (Å²) in [6.45, 7) is 23.7. The van der Waals surface area contributed by atoms with Gasteiger partial charge in [-0.3, -0.25) is 0 Å². The van der Waals surface area contributed by atoms with Gasteiger partial charge in [-0.25, -0.2) is 0 Å². The second kappa shape index (κ2) is 15.4. The van der Waals surface area contributed by atoms with E-state index < -0.39 is 0 Å². The van der Waals surface area contributed by atoms with Crippen LogP contribution in [-0.2, 0) is 16.2 Å². The lowest BCUT2D eigenvalue weighted by Gasteiger charge is -2.46. The number of anilines is 6. The van der Waals surface area contributed by atoms with Crippen molar-refractivity contribution < 1.29 is 0 Å². The maximum atomic E-state index is 2.69. The van der Waals surface area contributed by atoms with E-state index in [2.05, 4.69) is 253 Å². The fourth-order valence-corrected chi connectivity index (χ4v) is 12.9. The molecular formula is C67H62BN3. The monoisotopic (exact) mass is 920 g/mol. The van der Waals surface area contributed by atoms with Gasteiger partial charge in [0.05, 0.1) is 16.7 Å². The van der Waals surface area contributed by atoms with Crippen molar-refractivity contribution in [3.8, 4) is 16.8 Å². The predicted molar refractivity (Wildman–Crippen MR) is 306 cm³/mol. The molecule has 1 aromatic heterocycles. The van der Waals surface area contributed by atoms with Crippen molar-refractivity contribution in [2.45, 2.75) is 98.3 Å². The van der Waals surface area contributed by atoms with Crippen molar-refractivity contribution in [2.24, 2.45) is 0 Å². The number of hydrogen-bond acceptors (Lipinski definition) is 2. The molecular weight excluding hydrogens is 858 g/mol. The van der Waals surface area contributed by atoms with Gasteiger partial charge in [0.25, 0.3) is 6.71 Å². The minimum Gasteiger partial charge on any atom is -0.311 e. The lowest BCUT2D eigenvalue weighted by molar-refractivity contribution is 0.590. The maximum Gasteiger partial charge on any atom is 0.252 e. The third-order valence-electron chi connectivity index (χ3n) is 16.5. The van der Waals surface area contributed by atoms with Gasteiger partial charge in [-0.15, -0.1) is 0 Å². The number of fused-ring (bicyclic) bond motifs is 10. The van der Waals surface area contributed by atoms with Gasteiger partial charge in [-0.2, -0.15) is 0 Å². The van der Waals surface area contributed by atoms with Crippen LogP contribution in [0.4, 0.5) is 34.1 Å². The number of aryl methyl sites for hydroxylation is 2. The molecule has 3 nitrogen and oxygen atoms in total. The fourth-order valence-electron chi connectivity index (χ4n) is 12.9. The van der Waals surface area contributed by atoms with E-state index in [1.165, 1.54) is 134 Å². The molecule has 0 N–H and O–H groups in total. The molecule has 0 saturated heterocycles. The molecule has 0 fully saturated rings. The van der Waals surface area contributed by atoms with E-state index in [9.17, 15) is 0 Å². The van der Waals surface area contributed by atoms with E-state index in [0.29, 0.717) is 0 Å². The molecule has 3 heterocycles. The van der Waals surface area contributed by atoms with Crippen LogP contribution in [0.15, 0.2) is 170 Å². The Bertz CT molecular complexity index is 3770. The molecule has 2 aliphatic carbocycles. The first-order valence-electron chi connectivity index (χ1n) is 25.9.